The average molecular weight is 462 g/mol. The average Bonchev–Trinajstić information content (AvgIpc) is 3.37. The fourth-order valence-electron chi connectivity index (χ4n) is 4.67. The zero-order valence-corrected chi connectivity index (χ0v) is 19.7. The van der Waals surface area contributed by atoms with E-state index in [2.05, 4.69) is 17.2 Å². The molecule has 0 aliphatic carbocycles. The lowest BCUT2D eigenvalue weighted by Gasteiger charge is -2.30. The lowest BCUT2D eigenvalue weighted by atomic mass is 9.86. The van der Waals surface area contributed by atoms with E-state index >= 15 is 0 Å². The molecule has 0 radical (unpaired) electrons. The highest BCUT2D eigenvalue weighted by molar-refractivity contribution is 6.11. The topological polar surface area (TPSA) is 91.5 Å². The molecular formula is C27H31N3O4. The number of aromatic amines is 1. The molecule has 178 valence electrons. The van der Waals surface area contributed by atoms with Crippen molar-refractivity contribution in [1.29, 1.82) is 0 Å². The van der Waals surface area contributed by atoms with Crippen molar-refractivity contribution in [2.45, 2.75) is 51.5 Å². The van der Waals surface area contributed by atoms with Crippen molar-refractivity contribution in [2.75, 3.05) is 18.1 Å². The predicted octanol–water partition coefficient (Wildman–Crippen LogP) is 4.67. The molecule has 2 aromatic carbocycles. The van der Waals surface area contributed by atoms with E-state index in [9.17, 15) is 14.4 Å². The van der Waals surface area contributed by atoms with Crippen LogP contribution < -0.4 is 10.2 Å². The maximum atomic E-state index is 13.9. The van der Waals surface area contributed by atoms with Crippen LogP contribution in [0.15, 0.2) is 54.6 Å². The van der Waals surface area contributed by atoms with Crippen molar-refractivity contribution in [1.82, 2.24) is 10.3 Å². The van der Waals surface area contributed by atoms with Crippen LogP contribution in [0.25, 0.3) is 10.9 Å². The summed E-state index contributed by atoms with van der Waals surface area (Å²) in [5.74, 6) is -0.992. The maximum absolute atomic E-state index is 13.9. The third-order valence-electron chi connectivity index (χ3n) is 6.36. The van der Waals surface area contributed by atoms with Gasteiger partial charge in [0, 0.05) is 35.1 Å². The van der Waals surface area contributed by atoms with E-state index in [1.165, 1.54) is 0 Å². The SMILES string of the molecule is CCCCCN1C(=O)C(CCC(=O)OCC)(NC(=O)c2cc3ccccc3[nH]2)c2ccccc21. The van der Waals surface area contributed by atoms with Gasteiger partial charge in [0.1, 0.15) is 11.2 Å². The van der Waals surface area contributed by atoms with Gasteiger partial charge in [-0.1, -0.05) is 56.2 Å². The quantitative estimate of drug-likeness (QED) is 0.339. The van der Waals surface area contributed by atoms with Crippen LogP contribution in [0, 0.1) is 0 Å². The summed E-state index contributed by atoms with van der Waals surface area (Å²) >= 11 is 0. The molecule has 3 aromatic rings. The molecule has 2 N–H and O–H groups in total. The highest BCUT2D eigenvalue weighted by Crippen LogP contribution is 2.43. The number of hydrogen-bond acceptors (Lipinski definition) is 4. The van der Waals surface area contributed by atoms with Crippen molar-refractivity contribution in [3.63, 3.8) is 0 Å². The zero-order chi connectivity index (χ0) is 24.1. The number of rotatable bonds is 10. The van der Waals surface area contributed by atoms with Crippen LogP contribution in [0.1, 0.15) is 62.0 Å². The summed E-state index contributed by atoms with van der Waals surface area (Å²) in [6.07, 6.45) is 3.04. The van der Waals surface area contributed by atoms with Gasteiger partial charge in [-0.05, 0) is 38.0 Å². The number of amides is 2. The van der Waals surface area contributed by atoms with Gasteiger partial charge in [-0.3, -0.25) is 14.4 Å². The monoisotopic (exact) mass is 461 g/mol. The molecular weight excluding hydrogens is 430 g/mol. The smallest absolute Gasteiger partial charge is 0.305 e. The summed E-state index contributed by atoms with van der Waals surface area (Å²) in [5, 5.41) is 3.93. The molecule has 1 aromatic heterocycles. The van der Waals surface area contributed by atoms with E-state index in [0.29, 0.717) is 17.8 Å². The zero-order valence-electron chi connectivity index (χ0n) is 19.7. The number of nitrogens with one attached hydrogen (secondary N) is 2. The first-order valence-corrected chi connectivity index (χ1v) is 12.0. The Morgan fingerprint density at radius 3 is 2.59 bits per heavy atom. The minimum Gasteiger partial charge on any atom is -0.466 e. The Kier molecular flexibility index (Phi) is 7.01. The molecule has 0 fully saturated rings. The van der Waals surface area contributed by atoms with E-state index in [4.69, 9.17) is 4.74 Å². The first kappa shape index (κ1) is 23.5. The molecule has 1 aliphatic rings. The third-order valence-corrected chi connectivity index (χ3v) is 6.36. The number of aromatic nitrogens is 1. The van der Waals surface area contributed by atoms with E-state index in [-0.39, 0.29) is 25.4 Å². The van der Waals surface area contributed by atoms with E-state index in [1.807, 2.05) is 48.5 Å². The molecule has 4 rings (SSSR count). The maximum Gasteiger partial charge on any atom is 0.305 e. The summed E-state index contributed by atoms with van der Waals surface area (Å²) in [6.45, 7) is 4.69. The molecule has 0 bridgehead atoms. The Morgan fingerprint density at radius 1 is 1.06 bits per heavy atom. The standard InChI is InChI=1S/C27H31N3O4/c1-3-5-10-17-30-23-14-9-7-12-20(23)27(26(30)33,16-15-24(31)34-4-2)29-25(32)22-18-19-11-6-8-13-21(19)28-22/h6-9,11-14,18,28H,3-5,10,15-17H2,1-2H3,(H,29,32). The third kappa shape index (κ3) is 4.42. The summed E-state index contributed by atoms with van der Waals surface area (Å²) < 4.78 is 5.12. The normalized spacial score (nSPS) is 17.1. The number of carbonyl (C=O) groups is 3. The molecule has 7 nitrogen and oxygen atoms in total. The van der Waals surface area contributed by atoms with Crippen LogP contribution in [0.2, 0.25) is 0 Å². The van der Waals surface area contributed by atoms with Gasteiger partial charge < -0.3 is 19.9 Å². The first-order chi connectivity index (χ1) is 16.5. The molecule has 0 saturated carbocycles. The molecule has 2 amide bonds. The number of nitrogens with zero attached hydrogens (tertiary/aromatic N) is 1. The van der Waals surface area contributed by atoms with Gasteiger partial charge in [-0.25, -0.2) is 0 Å². The molecule has 1 unspecified atom stereocenters. The summed E-state index contributed by atoms with van der Waals surface area (Å²) in [4.78, 5) is 44.5. The molecule has 1 atom stereocenters. The number of para-hydroxylation sites is 2. The van der Waals surface area contributed by atoms with Crippen molar-refractivity contribution >= 4 is 34.4 Å². The van der Waals surface area contributed by atoms with Crippen LogP contribution in [0.5, 0.6) is 0 Å². The van der Waals surface area contributed by atoms with Gasteiger partial charge in [0.05, 0.1) is 6.61 Å². The van der Waals surface area contributed by atoms with Gasteiger partial charge in [-0.2, -0.15) is 0 Å². The summed E-state index contributed by atoms with van der Waals surface area (Å²) in [7, 11) is 0. The fraction of sp³-hybridized carbons (Fsp3) is 0.370. The van der Waals surface area contributed by atoms with Crippen molar-refractivity contribution < 1.29 is 19.1 Å². The minimum atomic E-state index is -1.34. The molecule has 34 heavy (non-hydrogen) atoms. The Morgan fingerprint density at radius 2 is 1.82 bits per heavy atom. The fourth-order valence-corrected chi connectivity index (χ4v) is 4.67. The Hall–Kier alpha value is -3.61. The Labute approximate surface area is 199 Å². The highest BCUT2D eigenvalue weighted by atomic mass is 16.5. The van der Waals surface area contributed by atoms with E-state index in [0.717, 1.165) is 35.9 Å². The van der Waals surface area contributed by atoms with Crippen LogP contribution >= 0.6 is 0 Å². The van der Waals surface area contributed by atoms with Crippen molar-refractivity contribution in [2.24, 2.45) is 0 Å². The first-order valence-electron chi connectivity index (χ1n) is 12.0. The molecule has 1 aliphatic heterocycles. The van der Waals surface area contributed by atoms with Crippen LogP contribution in [0.4, 0.5) is 5.69 Å². The van der Waals surface area contributed by atoms with Crippen molar-refractivity contribution in [3.8, 4) is 0 Å². The highest BCUT2D eigenvalue weighted by Gasteiger charge is 2.51. The van der Waals surface area contributed by atoms with Gasteiger partial charge in [-0.15, -0.1) is 0 Å². The Bertz CT molecular complexity index is 1170. The molecule has 0 saturated heterocycles. The molecule has 7 heteroatoms. The molecule has 2 heterocycles. The lowest BCUT2D eigenvalue weighted by molar-refractivity contribution is -0.143. The second kappa shape index (κ2) is 10.1. The largest absolute Gasteiger partial charge is 0.466 e. The van der Waals surface area contributed by atoms with Crippen LogP contribution in [-0.4, -0.2) is 35.9 Å². The number of ether oxygens (including phenoxy) is 1. The van der Waals surface area contributed by atoms with Gasteiger partial charge in [0.2, 0.25) is 0 Å². The molecule has 0 spiro atoms. The number of fused-ring (bicyclic) bond motifs is 2. The lowest BCUT2D eigenvalue weighted by Crippen LogP contribution is -2.53. The van der Waals surface area contributed by atoms with Gasteiger partial charge >= 0.3 is 5.97 Å². The number of esters is 1. The van der Waals surface area contributed by atoms with Gasteiger partial charge in [0.25, 0.3) is 11.8 Å². The number of unbranched alkanes of at least 4 members (excludes halogenated alkanes) is 2. The van der Waals surface area contributed by atoms with E-state index in [1.54, 1.807) is 17.9 Å². The number of carbonyl (C=O) groups excluding carboxylic acids is 3. The second-order valence-electron chi connectivity index (χ2n) is 8.62. The Balaban J connectivity index is 1.71. The minimum absolute atomic E-state index is 0.0176. The van der Waals surface area contributed by atoms with E-state index < -0.39 is 17.4 Å². The van der Waals surface area contributed by atoms with Crippen LogP contribution in [0.3, 0.4) is 0 Å². The second-order valence-corrected chi connectivity index (χ2v) is 8.62. The number of anilines is 1. The van der Waals surface area contributed by atoms with Crippen molar-refractivity contribution in [3.05, 3.63) is 65.9 Å². The summed E-state index contributed by atoms with van der Waals surface area (Å²) in [5.41, 5.74) is 1.36. The summed E-state index contributed by atoms with van der Waals surface area (Å²) in [6, 6.07) is 16.9. The number of benzene rings is 2. The van der Waals surface area contributed by atoms with Crippen LogP contribution in [-0.2, 0) is 19.9 Å². The van der Waals surface area contributed by atoms with Gasteiger partial charge in [0.15, 0.2) is 0 Å². The predicted molar refractivity (Wildman–Crippen MR) is 132 cm³/mol. The number of H-pyrrole nitrogens is 1. The number of hydrogen-bond donors (Lipinski definition) is 2.